The summed E-state index contributed by atoms with van der Waals surface area (Å²) in [6, 6.07) is 6.40. The van der Waals surface area contributed by atoms with Crippen molar-refractivity contribution in [2.24, 2.45) is 0 Å². The monoisotopic (exact) mass is 240 g/mol. The third-order valence-electron chi connectivity index (χ3n) is 2.25. The quantitative estimate of drug-likeness (QED) is 0.448. The van der Waals surface area contributed by atoms with Gasteiger partial charge >= 0.3 is 0 Å². The third kappa shape index (κ3) is 3.52. The summed E-state index contributed by atoms with van der Waals surface area (Å²) in [5, 5.41) is 17.2. The van der Waals surface area contributed by atoms with Crippen LogP contribution in [-0.4, -0.2) is 35.0 Å². The van der Waals surface area contributed by atoms with Gasteiger partial charge in [-0.2, -0.15) is 0 Å². The topological polar surface area (TPSA) is 76.0 Å². The predicted molar refractivity (Wildman–Crippen MR) is 61.1 cm³/mol. The van der Waals surface area contributed by atoms with Crippen molar-refractivity contribution in [2.45, 2.75) is 19.4 Å². The summed E-state index contributed by atoms with van der Waals surface area (Å²) in [7, 11) is 0. The van der Waals surface area contributed by atoms with E-state index in [2.05, 4.69) is 4.89 Å². The number of hydrogen-bond donors (Lipinski definition) is 2. The molecule has 0 amide bonds. The summed E-state index contributed by atoms with van der Waals surface area (Å²) >= 11 is 0. The Morgan fingerprint density at radius 3 is 2.35 bits per heavy atom. The second-order valence-electron chi connectivity index (χ2n) is 4.03. The molecule has 0 aromatic heterocycles. The van der Waals surface area contributed by atoms with Crippen molar-refractivity contribution in [2.75, 3.05) is 13.2 Å². The molecule has 0 atom stereocenters. The molecule has 0 aliphatic carbocycles. The maximum atomic E-state index is 11.9. The van der Waals surface area contributed by atoms with Crippen LogP contribution in [0.1, 0.15) is 24.2 Å². The first-order valence-electron chi connectivity index (χ1n) is 5.22. The Morgan fingerprint density at radius 1 is 1.29 bits per heavy atom. The molecular weight excluding hydrogens is 224 g/mol. The molecule has 0 bridgehead atoms. The Balaban J connectivity index is 2.77. The first kappa shape index (κ1) is 13.6. The van der Waals surface area contributed by atoms with Crippen molar-refractivity contribution in [3.05, 3.63) is 29.8 Å². The minimum absolute atomic E-state index is 0.0634. The molecule has 0 radical (unpaired) electrons. The lowest BCUT2D eigenvalue weighted by Crippen LogP contribution is -2.33. The van der Waals surface area contributed by atoms with Gasteiger partial charge in [-0.15, -0.1) is 0 Å². The second kappa shape index (κ2) is 5.77. The Morgan fingerprint density at radius 2 is 1.88 bits per heavy atom. The Hall–Kier alpha value is -1.43. The van der Waals surface area contributed by atoms with E-state index in [0.717, 1.165) is 0 Å². The van der Waals surface area contributed by atoms with Crippen LogP contribution in [0.25, 0.3) is 0 Å². The number of aliphatic hydroxyl groups excluding tert-OH is 1. The van der Waals surface area contributed by atoms with Crippen molar-refractivity contribution < 1.29 is 24.8 Å². The normalized spacial score (nSPS) is 11.3. The number of ketones is 1. The van der Waals surface area contributed by atoms with Crippen LogP contribution in [0.3, 0.4) is 0 Å². The first-order chi connectivity index (χ1) is 8.01. The second-order valence-corrected chi connectivity index (χ2v) is 4.03. The van der Waals surface area contributed by atoms with Gasteiger partial charge in [-0.3, -0.25) is 10.1 Å². The smallest absolute Gasteiger partial charge is 0.197 e. The number of carbonyl (C=O) groups is 1. The molecule has 5 nitrogen and oxygen atoms in total. The molecule has 1 aromatic carbocycles. The van der Waals surface area contributed by atoms with E-state index in [1.165, 1.54) is 13.8 Å². The number of ether oxygens (including phenoxy) is 1. The SMILES string of the molecule is CC(C)(OO)C(=O)c1ccc(OCCO)cc1. The number of hydrogen-bond acceptors (Lipinski definition) is 5. The molecule has 94 valence electrons. The van der Waals surface area contributed by atoms with E-state index in [1.807, 2.05) is 0 Å². The van der Waals surface area contributed by atoms with Gasteiger partial charge in [0.1, 0.15) is 12.4 Å². The van der Waals surface area contributed by atoms with Crippen LogP contribution >= 0.6 is 0 Å². The Labute approximate surface area is 99.5 Å². The van der Waals surface area contributed by atoms with Gasteiger partial charge in [-0.05, 0) is 38.1 Å². The molecule has 0 spiro atoms. The highest BCUT2D eigenvalue weighted by Gasteiger charge is 2.30. The van der Waals surface area contributed by atoms with Crippen LogP contribution in [0.5, 0.6) is 5.75 Å². The third-order valence-corrected chi connectivity index (χ3v) is 2.25. The average molecular weight is 240 g/mol. The molecule has 0 aliphatic heterocycles. The zero-order chi connectivity index (χ0) is 12.9. The molecule has 1 aromatic rings. The number of benzene rings is 1. The number of carbonyl (C=O) groups excluding carboxylic acids is 1. The minimum Gasteiger partial charge on any atom is -0.491 e. The summed E-state index contributed by atoms with van der Waals surface area (Å²) in [5.41, 5.74) is -0.853. The van der Waals surface area contributed by atoms with Crippen molar-refractivity contribution >= 4 is 5.78 Å². The Bertz CT molecular complexity index is 369. The van der Waals surface area contributed by atoms with E-state index >= 15 is 0 Å². The maximum absolute atomic E-state index is 11.9. The fourth-order valence-electron chi connectivity index (χ4n) is 1.26. The zero-order valence-corrected chi connectivity index (χ0v) is 9.84. The predicted octanol–water partition coefficient (Wildman–Crippen LogP) is 1.51. The maximum Gasteiger partial charge on any atom is 0.197 e. The highest BCUT2D eigenvalue weighted by atomic mass is 17.1. The number of aliphatic hydroxyl groups is 1. The zero-order valence-electron chi connectivity index (χ0n) is 9.84. The lowest BCUT2D eigenvalue weighted by molar-refractivity contribution is -0.294. The van der Waals surface area contributed by atoms with E-state index in [4.69, 9.17) is 15.1 Å². The van der Waals surface area contributed by atoms with E-state index in [9.17, 15) is 4.79 Å². The molecule has 0 heterocycles. The average Bonchev–Trinajstić information content (AvgIpc) is 2.36. The molecule has 0 fully saturated rings. The van der Waals surface area contributed by atoms with Crippen molar-refractivity contribution in [1.82, 2.24) is 0 Å². The first-order valence-corrected chi connectivity index (χ1v) is 5.22. The van der Waals surface area contributed by atoms with Crippen LogP contribution in [0.4, 0.5) is 0 Å². The van der Waals surface area contributed by atoms with Crippen molar-refractivity contribution in [1.29, 1.82) is 0 Å². The van der Waals surface area contributed by atoms with Gasteiger partial charge in [0.25, 0.3) is 0 Å². The molecule has 5 heteroatoms. The van der Waals surface area contributed by atoms with E-state index in [0.29, 0.717) is 11.3 Å². The highest BCUT2D eigenvalue weighted by molar-refractivity contribution is 6.01. The van der Waals surface area contributed by atoms with Gasteiger partial charge in [0.2, 0.25) is 0 Å². The molecule has 17 heavy (non-hydrogen) atoms. The van der Waals surface area contributed by atoms with Crippen LogP contribution in [0.2, 0.25) is 0 Å². The van der Waals surface area contributed by atoms with Crippen LogP contribution in [0.15, 0.2) is 24.3 Å². The molecule has 0 saturated heterocycles. The van der Waals surface area contributed by atoms with E-state index in [-0.39, 0.29) is 19.0 Å². The highest BCUT2D eigenvalue weighted by Crippen LogP contribution is 2.19. The summed E-state index contributed by atoms with van der Waals surface area (Å²) in [6.07, 6.45) is 0. The van der Waals surface area contributed by atoms with Gasteiger partial charge in [0.15, 0.2) is 11.4 Å². The van der Waals surface area contributed by atoms with Gasteiger partial charge < -0.3 is 9.84 Å². The van der Waals surface area contributed by atoms with Gasteiger partial charge in [-0.25, -0.2) is 4.89 Å². The van der Waals surface area contributed by atoms with Crippen molar-refractivity contribution in [3.8, 4) is 5.75 Å². The molecule has 2 N–H and O–H groups in total. The summed E-state index contributed by atoms with van der Waals surface area (Å²) in [5.74, 6) is 0.243. The van der Waals surface area contributed by atoms with Crippen molar-refractivity contribution in [3.63, 3.8) is 0 Å². The molecule has 0 aliphatic rings. The molecule has 0 saturated carbocycles. The minimum atomic E-state index is -1.27. The lowest BCUT2D eigenvalue weighted by Gasteiger charge is -2.18. The molecular formula is C12H16O5. The standard InChI is InChI=1S/C12H16O5/c1-12(2,17-15)11(14)9-3-5-10(6-4-9)16-8-7-13/h3-6,13,15H,7-8H2,1-2H3. The fourth-order valence-corrected chi connectivity index (χ4v) is 1.26. The van der Waals surface area contributed by atoms with Crippen LogP contribution in [0, 0.1) is 0 Å². The Kier molecular flexibility index (Phi) is 4.62. The van der Waals surface area contributed by atoms with Gasteiger partial charge in [0, 0.05) is 5.56 Å². The molecule has 0 unspecified atom stereocenters. The van der Waals surface area contributed by atoms with Crippen LogP contribution in [-0.2, 0) is 4.89 Å². The van der Waals surface area contributed by atoms with Crippen LogP contribution < -0.4 is 4.74 Å². The molecule has 1 rings (SSSR count). The summed E-state index contributed by atoms with van der Waals surface area (Å²) in [6.45, 7) is 3.10. The van der Waals surface area contributed by atoms with Gasteiger partial charge in [0.05, 0.1) is 6.61 Å². The van der Waals surface area contributed by atoms with E-state index < -0.39 is 5.60 Å². The fraction of sp³-hybridized carbons (Fsp3) is 0.417. The number of Topliss-reactive ketones (excluding diaryl/α,β-unsaturated/α-hetero) is 1. The van der Waals surface area contributed by atoms with E-state index in [1.54, 1.807) is 24.3 Å². The lowest BCUT2D eigenvalue weighted by atomic mass is 9.97. The number of rotatable bonds is 6. The summed E-state index contributed by atoms with van der Waals surface area (Å²) in [4.78, 5) is 16.0. The summed E-state index contributed by atoms with van der Waals surface area (Å²) < 4.78 is 5.16. The van der Waals surface area contributed by atoms with Gasteiger partial charge in [-0.1, -0.05) is 0 Å². The largest absolute Gasteiger partial charge is 0.491 e.